The minimum atomic E-state index is -0.268. The van der Waals surface area contributed by atoms with Crippen LogP contribution in [0.2, 0.25) is 0 Å². The zero-order valence-electron chi connectivity index (χ0n) is 18.3. The molecule has 5 nitrogen and oxygen atoms in total. The molecule has 30 heavy (non-hydrogen) atoms. The molecule has 160 valence electrons. The molecule has 1 aromatic rings. The third kappa shape index (κ3) is 4.05. The van der Waals surface area contributed by atoms with Crippen molar-refractivity contribution in [3.05, 3.63) is 41.6 Å². The number of nitrogens with one attached hydrogen (secondary N) is 2. The number of hydrogen-bond acceptors (Lipinski definition) is 4. The Morgan fingerprint density at radius 1 is 1.13 bits per heavy atom. The third-order valence-electron chi connectivity index (χ3n) is 7.81. The van der Waals surface area contributed by atoms with Crippen molar-refractivity contribution in [2.75, 3.05) is 7.11 Å². The molecule has 1 amide bonds. The molecule has 4 bridgehead atoms. The standard InChI is InChI=1S/C25H33N3O2/c1-16(21-4-6-23(30-3)7-5-21)27-15-22(14-26)24(29)28-17(2)25-11-18-8-19(12-25)10-20(9-18)13-25/h4-7,15-20,27H,8-13H2,1-3H3,(H,28,29)/b22-15-. The van der Waals surface area contributed by atoms with E-state index in [1.807, 2.05) is 31.2 Å². The summed E-state index contributed by atoms with van der Waals surface area (Å²) in [6.45, 7) is 4.15. The van der Waals surface area contributed by atoms with Gasteiger partial charge in [-0.15, -0.1) is 0 Å². The number of ether oxygens (including phenoxy) is 1. The van der Waals surface area contributed by atoms with E-state index in [4.69, 9.17) is 4.74 Å². The second-order valence-electron chi connectivity index (χ2n) is 9.81. The minimum absolute atomic E-state index is 0.0207. The van der Waals surface area contributed by atoms with E-state index in [0.717, 1.165) is 29.1 Å². The highest BCUT2D eigenvalue weighted by atomic mass is 16.5. The fourth-order valence-corrected chi connectivity index (χ4v) is 6.48. The van der Waals surface area contributed by atoms with E-state index in [1.54, 1.807) is 13.3 Å². The van der Waals surface area contributed by atoms with Gasteiger partial charge < -0.3 is 15.4 Å². The van der Waals surface area contributed by atoms with Crippen LogP contribution >= 0.6 is 0 Å². The van der Waals surface area contributed by atoms with Crippen LogP contribution in [0.4, 0.5) is 0 Å². The van der Waals surface area contributed by atoms with Crippen molar-refractivity contribution in [2.45, 2.75) is 64.5 Å². The van der Waals surface area contributed by atoms with E-state index in [9.17, 15) is 10.1 Å². The molecule has 1 aromatic carbocycles. The Kier molecular flexibility index (Phi) is 5.77. The molecule has 4 aliphatic carbocycles. The highest BCUT2D eigenvalue weighted by Crippen LogP contribution is 2.61. The first-order chi connectivity index (χ1) is 14.4. The van der Waals surface area contributed by atoms with Crippen molar-refractivity contribution >= 4 is 5.91 Å². The number of methoxy groups -OCH3 is 1. The molecule has 0 saturated heterocycles. The predicted octanol–water partition coefficient (Wildman–Crippen LogP) is 4.47. The van der Waals surface area contributed by atoms with Gasteiger partial charge in [-0.1, -0.05) is 12.1 Å². The summed E-state index contributed by atoms with van der Waals surface area (Å²) in [6.07, 6.45) is 9.41. The molecule has 0 aliphatic heterocycles. The van der Waals surface area contributed by atoms with Crippen LogP contribution in [-0.2, 0) is 4.79 Å². The Balaban J connectivity index is 1.38. The molecule has 5 rings (SSSR count). The molecule has 0 aromatic heterocycles. The van der Waals surface area contributed by atoms with Crippen molar-refractivity contribution in [3.63, 3.8) is 0 Å². The molecule has 4 saturated carbocycles. The lowest BCUT2D eigenvalue weighted by Gasteiger charge is -2.59. The van der Waals surface area contributed by atoms with Crippen LogP contribution in [-0.4, -0.2) is 19.1 Å². The van der Waals surface area contributed by atoms with Crippen molar-refractivity contribution < 1.29 is 9.53 Å². The van der Waals surface area contributed by atoms with Gasteiger partial charge in [0.1, 0.15) is 17.4 Å². The summed E-state index contributed by atoms with van der Waals surface area (Å²) in [4.78, 5) is 12.9. The summed E-state index contributed by atoms with van der Waals surface area (Å²) in [5, 5.41) is 15.9. The number of nitrogens with zero attached hydrogens (tertiary/aromatic N) is 1. The van der Waals surface area contributed by atoms with Crippen molar-refractivity contribution in [3.8, 4) is 11.8 Å². The van der Waals surface area contributed by atoms with Crippen LogP contribution in [0.15, 0.2) is 36.0 Å². The van der Waals surface area contributed by atoms with Gasteiger partial charge in [-0.3, -0.25) is 4.79 Å². The first-order valence-electron chi connectivity index (χ1n) is 11.2. The smallest absolute Gasteiger partial charge is 0.263 e. The maximum absolute atomic E-state index is 12.9. The molecule has 0 radical (unpaired) electrons. The van der Waals surface area contributed by atoms with Gasteiger partial charge in [-0.25, -0.2) is 0 Å². The summed E-state index contributed by atoms with van der Waals surface area (Å²) in [5.41, 5.74) is 1.42. The highest BCUT2D eigenvalue weighted by molar-refractivity contribution is 5.97. The molecular weight excluding hydrogens is 374 g/mol. The number of carbonyl (C=O) groups is 1. The molecular formula is C25H33N3O2. The molecule has 4 fully saturated rings. The Bertz CT molecular complexity index is 817. The number of hydrogen-bond donors (Lipinski definition) is 2. The summed E-state index contributed by atoms with van der Waals surface area (Å²) < 4.78 is 5.19. The van der Waals surface area contributed by atoms with Gasteiger partial charge in [-0.2, -0.15) is 5.26 Å². The molecule has 2 N–H and O–H groups in total. The van der Waals surface area contributed by atoms with E-state index < -0.39 is 0 Å². The lowest BCUT2D eigenvalue weighted by atomic mass is 9.48. The average Bonchev–Trinajstić information content (AvgIpc) is 2.73. The number of rotatable bonds is 7. The molecule has 4 aliphatic rings. The van der Waals surface area contributed by atoms with Crippen LogP contribution in [0.1, 0.15) is 64.0 Å². The maximum atomic E-state index is 12.9. The zero-order valence-corrected chi connectivity index (χ0v) is 18.3. The number of nitriles is 1. The summed E-state index contributed by atoms with van der Waals surface area (Å²) in [6, 6.07) is 9.92. The van der Waals surface area contributed by atoms with Crippen molar-refractivity contribution in [1.82, 2.24) is 10.6 Å². The fraction of sp³-hybridized carbons (Fsp3) is 0.600. The summed E-state index contributed by atoms with van der Waals surface area (Å²) in [7, 11) is 1.64. The Morgan fingerprint density at radius 2 is 1.70 bits per heavy atom. The topological polar surface area (TPSA) is 74.1 Å². The van der Waals surface area contributed by atoms with E-state index in [-0.39, 0.29) is 29.0 Å². The van der Waals surface area contributed by atoms with Crippen LogP contribution in [0.3, 0.4) is 0 Å². The van der Waals surface area contributed by atoms with Gasteiger partial charge in [-0.05, 0) is 93.2 Å². The van der Waals surface area contributed by atoms with E-state index in [2.05, 4.69) is 23.6 Å². The van der Waals surface area contributed by atoms with E-state index in [0.29, 0.717) is 0 Å². The van der Waals surface area contributed by atoms with E-state index in [1.165, 1.54) is 38.5 Å². The first-order valence-corrected chi connectivity index (χ1v) is 11.2. The molecule has 0 heterocycles. The van der Waals surface area contributed by atoms with Crippen LogP contribution in [0.5, 0.6) is 5.75 Å². The molecule has 0 spiro atoms. The number of benzene rings is 1. The maximum Gasteiger partial charge on any atom is 0.263 e. The lowest BCUT2D eigenvalue weighted by Crippen LogP contribution is -2.56. The second-order valence-corrected chi connectivity index (χ2v) is 9.81. The highest BCUT2D eigenvalue weighted by Gasteiger charge is 2.53. The van der Waals surface area contributed by atoms with Crippen molar-refractivity contribution in [1.29, 1.82) is 5.26 Å². The van der Waals surface area contributed by atoms with Gasteiger partial charge in [0.2, 0.25) is 0 Å². The Morgan fingerprint density at radius 3 is 2.20 bits per heavy atom. The molecule has 5 heteroatoms. The third-order valence-corrected chi connectivity index (χ3v) is 7.81. The normalized spacial score (nSPS) is 31.5. The zero-order chi connectivity index (χ0) is 21.3. The van der Waals surface area contributed by atoms with Gasteiger partial charge in [0.05, 0.1) is 7.11 Å². The Hall–Kier alpha value is -2.48. The largest absolute Gasteiger partial charge is 0.497 e. The van der Waals surface area contributed by atoms with Gasteiger partial charge in [0.25, 0.3) is 5.91 Å². The average molecular weight is 408 g/mol. The predicted molar refractivity (Wildman–Crippen MR) is 116 cm³/mol. The van der Waals surface area contributed by atoms with Gasteiger partial charge in [0, 0.05) is 18.3 Å². The number of carbonyl (C=O) groups excluding carboxylic acids is 1. The van der Waals surface area contributed by atoms with E-state index >= 15 is 0 Å². The van der Waals surface area contributed by atoms with Crippen LogP contribution in [0.25, 0.3) is 0 Å². The monoisotopic (exact) mass is 407 g/mol. The van der Waals surface area contributed by atoms with Gasteiger partial charge >= 0.3 is 0 Å². The molecule has 2 atom stereocenters. The summed E-state index contributed by atoms with van der Waals surface area (Å²) in [5.74, 6) is 3.06. The van der Waals surface area contributed by atoms with Gasteiger partial charge in [0.15, 0.2) is 0 Å². The van der Waals surface area contributed by atoms with Crippen LogP contribution in [0, 0.1) is 34.5 Å². The first kappa shape index (κ1) is 20.8. The molecule has 2 unspecified atom stereocenters. The Labute approximate surface area is 179 Å². The fourth-order valence-electron chi connectivity index (χ4n) is 6.48. The summed E-state index contributed by atoms with van der Waals surface area (Å²) >= 11 is 0. The quantitative estimate of drug-likeness (QED) is 0.516. The van der Waals surface area contributed by atoms with Crippen molar-refractivity contribution in [2.24, 2.45) is 23.2 Å². The second kappa shape index (κ2) is 8.34. The SMILES string of the molecule is COc1ccc(C(C)N/C=C(/C#N)C(=O)NC(C)C23CC4CC(CC(C4)C2)C3)cc1. The van der Waals surface area contributed by atoms with Crippen LogP contribution < -0.4 is 15.4 Å². The number of amides is 1. The minimum Gasteiger partial charge on any atom is -0.497 e. The lowest BCUT2D eigenvalue weighted by molar-refractivity contribution is -0.122.